The lowest BCUT2D eigenvalue weighted by Crippen LogP contribution is -2.45. The minimum atomic E-state index is -0.786. The maximum absolute atomic E-state index is 12.1. The number of amides is 1. The number of carbonyl (C=O) groups is 2. The van der Waals surface area contributed by atoms with Crippen LogP contribution in [0, 0.1) is 5.92 Å². The summed E-state index contributed by atoms with van der Waals surface area (Å²) < 4.78 is 16.3. The number of hydrogen-bond acceptors (Lipinski definition) is 5. The molecule has 0 aliphatic carbocycles. The molecule has 0 unspecified atom stereocenters. The van der Waals surface area contributed by atoms with Gasteiger partial charge in [0.1, 0.15) is 17.7 Å². The van der Waals surface area contributed by atoms with Gasteiger partial charge < -0.3 is 19.5 Å². The van der Waals surface area contributed by atoms with Crippen LogP contribution in [0.2, 0.25) is 0 Å². The van der Waals surface area contributed by atoms with Crippen LogP contribution < -0.4 is 5.32 Å². The number of alkyl carbamates (subject to hydrolysis) is 1. The fraction of sp³-hybridized carbons (Fsp3) is 0.882. The Kier molecular flexibility index (Phi) is 9.20. The van der Waals surface area contributed by atoms with E-state index in [9.17, 15) is 9.59 Å². The lowest BCUT2D eigenvalue weighted by molar-refractivity contribution is -0.160. The highest BCUT2D eigenvalue weighted by molar-refractivity contribution is 5.81. The molecular formula is C17H33NO5. The zero-order chi connectivity index (χ0) is 18.2. The van der Waals surface area contributed by atoms with Gasteiger partial charge in [-0.1, -0.05) is 20.8 Å². The molecule has 0 fully saturated rings. The van der Waals surface area contributed by atoms with Crippen molar-refractivity contribution in [3.05, 3.63) is 0 Å². The van der Waals surface area contributed by atoms with Crippen molar-refractivity contribution in [2.24, 2.45) is 5.92 Å². The Bertz CT molecular complexity index is 376. The summed E-state index contributed by atoms with van der Waals surface area (Å²) in [5.74, 6) is -0.285. The Balaban J connectivity index is 4.51. The highest BCUT2D eigenvalue weighted by atomic mass is 16.6. The van der Waals surface area contributed by atoms with Gasteiger partial charge in [-0.3, -0.25) is 0 Å². The third-order valence-corrected chi connectivity index (χ3v) is 3.02. The van der Waals surface area contributed by atoms with Gasteiger partial charge in [0.05, 0.1) is 6.10 Å². The average molecular weight is 331 g/mol. The Labute approximate surface area is 140 Å². The molecule has 0 heterocycles. The summed E-state index contributed by atoms with van der Waals surface area (Å²) in [7, 11) is 0. The molecule has 6 heteroatoms. The molecule has 0 aliphatic heterocycles. The van der Waals surface area contributed by atoms with Crippen molar-refractivity contribution < 1.29 is 23.8 Å². The largest absolute Gasteiger partial charge is 0.458 e. The predicted molar refractivity (Wildman–Crippen MR) is 89.3 cm³/mol. The van der Waals surface area contributed by atoms with Gasteiger partial charge in [-0.25, -0.2) is 9.59 Å². The molecule has 0 aliphatic rings. The number of ether oxygens (including phenoxy) is 3. The Hall–Kier alpha value is -1.30. The van der Waals surface area contributed by atoms with Gasteiger partial charge >= 0.3 is 12.1 Å². The second kappa shape index (κ2) is 9.75. The summed E-state index contributed by atoms with van der Waals surface area (Å²) in [4.78, 5) is 23.8. The van der Waals surface area contributed by atoms with Gasteiger partial charge in [-0.05, 0) is 47.0 Å². The van der Waals surface area contributed by atoms with Crippen molar-refractivity contribution in [3.63, 3.8) is 0 Å². The molecule has 0 bridgehead atoms. The summed E-state index contributed by atoms with van der Waals surface area (Å²) in [6.45, 7) is 15.3. The van der Waals surface area contributed by atoms with E-state index in [1.54, 1.807) is 34.6 Å². The van der Waals surface area contributed by atoms with Crippen LogP contribution in [-0.4, -0.2) is 42.5 Å². The van der Waals surface area contributed by atoms with E-state index >= 15 is 0 Å². The monoisotopic (exact) mass is 331 g/mol. The highest BCUT2D eigenvalue weighted by Gasteiger charge is 2.28. The molecule has 1 N–H and O–H groups in total. The molecule has 0 aromatic heterocycles. The van der Waals surface area contributed by atoms with Crippen molar-refractivity contribution in [1.29, 1.82) is 0 Å². The van der Waals surface area contributed by atoms with Crippen LogP contribution in [0.5, 0.6) is 0 Å². The van der Waals surface area contributed by atoms with Gasteiger partial charge in [0, 0.05) is 6.61 Å². The zero-order valence-corrected chi connectivity index (χ0v) is 15.8. The lowest BCUT2D eigenvalue weighted by atomic mass is 10.0. The topological polar surface area (TPSA) is 73.9 Å². The first-order valence-electron chi connectivity index (χ1n) is 8.29. The zero-order valence-electron chi connectivity index (χ0n) is 15.8. The van der Waals surface area contributed by atoms with Crippen LogP contribution in [0.25, 0.3) is 0 Å². The van der Waals surface area contributed by atoms with Gasteiger partial charge in [0.25, 0.3) is 0 Å². The molecule has 0 saturated heterocycles. The maximum atomic E-state index is 12.1. The first-order valence-corrected chi connectivity index (χ1v) is 8.29. The molecule has 0 aromatic carbocycles. The average Bonchev–Trinajstić information content (AvgIpc) is 2.35. The molecule has 0 radical (unpaired) electrons. The third-order valence-electron chi connectivity index (χ3n) is 3.02. The van der Waals surface area contributed by atoms with E-state index in [1.165, 1.54) is 0 Å². The second-order valence-electron chi connectivity index (χ2n) is 7.09. The van der Waals surface area contributed by atoms with Crippen molar-refractivity contribution in [1.82, 2.24) is 5.32 Å². The van der Waals surface area contributed by atoms with Crippen LogP contribution in [0.4, 0.5) is 4.79 Å². The molecule has 136 valence electrons. The van der Waals surface area contributed by atoms with Gasteiger partial charge in [-0.2, -0.15) is 0 Å². The van der Waals surface area contributed by atoms with E-state index in [0.29, 0.717) is 6.61 Å². The van der Waals surface area contributed by atoms with Crippen LogP contribution in [0.3, 0.4) is 0 Å². The van der Waals surface area contributed by atoms with E-state index in [2.05, 4.69) is 5.32 Å². The molecule has 0 saturated carbocycles. The van der Waals surface area contributed by atoms with Crippen LogP contribution in [0.1, 0.15) is 61.8 Å². The van der Waals surface area contributed by atoms with Crippen molar-refractivity contribution >= 4 is 12.1 Å². The summed E-state index contributed by atoms with van der Waals surface area (Å²) in [5, 5.41) is 2.48. The summed E-state index contributed by atoms with van der Waals surface area (Å²) >= 11 is 0. The Morgan fingerprint density at radius 2 is 1.65 bits per heavy atom. The molecule has 23 heavy (non-hydrogen) atoms. The summed E-state index contributed by atoms with van der Waals surface area (Å²) in [6.07, 6.45) is -0.303. The number of esters is 1. The highest BCUT2D eigenvalue weighted by Crippen LogP contribution is 2.15. The SMILES string of the molecule is CCCO[C@@H](C(C)C)[C@H](C)OC(=O)[C@H](C)NC(=O)OC(C)(C)C. The predicted octanol–water partition coefficient (Wildman–Crippen LogP) is 3.28. The first-order chi connectivity index (χ1) is 10.5. The minimum Gasteiger partial charge on any atom is -0.458 e. The van der Waals surface area contributed by atoms with Crippen LogP contribution >= 0.6 is 0 Å². The smallest absolute Gasteiger partial charge is 0.408 e. The number of hydrogen-bond donors (Lipinski definition) is 1. The van der Waals surface area contributed by atoms with Crippen molar-refractivity contribution in [3.8, 4) is 0 Å². The quantitative estimate of drug-likeness (QED) is 0.691. The maximum Gasteiger partial charge on any atom is 0.408 e. The van der Waals surface area contributed by atoms with E-state index in [4.69, 9.17) is 14.2 Å². The van der Waals surface area contributed by atoms with E-state index in [1.807, 2.05) is 20.8 Å². The van der Waals surface area contributed by atoms with Crippen LogP contribution in [-0.2, 0) is 19.0 Å². The standard InChI is InChI=1S/C17H33NO5/c1-9-10-21-14(11(2)3)13(5)22-15(19)12(4)18-16(20)23-17(6,7)8/h11-14H,9-10H2,1-8H3,(H,18,20)/t12-,13-,14-/m0/s1. The van der Waals surface area contributed by atoms with Gasteiger partial charge in [0.2, 0.25) is 0 Å². The van der Waals surface area contributed by atoms with E-state index in [-0.39, 0.29) is 12.0 Å². The second-order valence-corrected chi connectivity index (χ2v) is 7.09. The normalized spacial score (nSPS) is 15.7. The molecule has 0 rings (SSSR count). The van der Waals surface area contributed by atoms with Crippen LogP contribution in [0.15, 0.2) is 0 Å². The fourth-order valence-corrected chi connectivity index (χ4v) is 2.02. The Morgan fingerprint density at radius 3 is 2.09 bits per heavy atom. The minimum absolute atomic E-state index is 0.173. The molecule has 6 nitrogen and oxygen atoms in total. The third kappa shape index (κ3) is 9.43. The van der Waals surface area contributed by atoms with Crippen molar-refractivity contribution in [2.45, 2.75) is 85.7 Å². The van der Waals surface area contributed by atoms with E-state index in [0.717, 1.165) is 6.42 Å². The van der Waals surface area contributed by atoms with Gasteiger partial charge in [-0.15, -0.1) is 0 Å². The van der Waals surface area contributed by atoms with Gasteiger partial charge in [0.15, 0.2) is 0 Å². The van der Waals surface area contributed by atoms with E-state index < -0.39 is 29.8 Å². The molecule has 1 amide bonds. The summed E-state index contributed by atoms with van der Waals surface area (Å²) in [6, 6.07) is -0.786. The molecule has 0 spiro atoms. The molecular weight excluding hydrogens is 298 g/mol. The lowest BCUT2D eigenvalue weighted by Gasteiger charge is -2.28. The van der Waals surface area contributed by atoms with Crippen molar-refractivity contribution in [2.75, 3.05) is 6.61 Å². The first kappa shape index (κ1) is 21.7. The number of carbonyl (C=O) groups excluding carboxylic acids is 2. The summed E-state index contributed by atoms with van der Waals surface area (Å²) in [5.41, 5.74) is -0.613. The number of nitrogens with one attached hydrogen (secondary N) is 1. The molecule has 3 atom stereocenters. The number of rotatable bonds is 8. The Morgan fingerprint density at radius 1 is 1.09 bits per heavy atom. The molecule has 0 aromatic rings. The fourth-order valence-electron chi connectivity index (χ4n) is 2.02.